The first-order valence-corrected chi connectivity index (χ1v) is 6.78. The monoisotopic (exact) mass is 265 g/mol. The van der Waals surface area contributed by atoms with Crippen molar-refractivity contribution in [1.82, 2.24) is 9.55 Å². The fourth-order valence-corrected chi connectivity index (χ4v) is 3.15. The SMILES string of the molecule is COC(=O)c1nc(C)n(C2CCCC(C)(C)C2)c1N. The summed E-state index contributed by atoms with van der Waals surface area (Å²) in [6.07, 6.45) is 4.57. The highest BCUT2D eigenvalue weighted by Gasteiger charge is 2.32. The van der Waals surface area contributed by atoms with Crippen LogP contribution in [0.4, 0.5) is 5.82 Å². The van der Waals surface area contributed by atoms with Gasteiger partial charge in [-0.2, -0.15) is 0 Å². The van der Waals surface area contributed by atoms with Crippen molar-refractivity contribution >= 4 is 11.8 Å². The Labute approximate surface area is 114 Å². The van der Waals surface area contributed by atoms with Crippen molar-refractivity contribution in [3.05, 3.63) is 11.5 Å². The normalized spacial score (nSPS) is 22.2. The number of aromatic nitrogens is 2. The molecule has 0 bridgehead atoms. The lowest BCUT2D eigenvalue weighted by Gasteiger charge is -2.36. The Balaban J connectivity index is 2.35. The third-order valence-electron chi connectivity index (χ3n) is 4.05. The number of rotatable bonds is 2. The molecule has 1 aromatic rings. The molecule has 1 aliphatic carbocycles. The van der Waals surface area contributed by atoms with E-state index in [0.717, 1.165) is 18.7 Å². The summed E-state index contributed by atoms with van der Waals surface area (Å²) in [5, 5.41) is 0. The summed E-state index contributed by atoms with van der Waals surface area (Å²) >= 11 is 0. The zero-order chi connectivity index (χ0) is 14.2. The largest absolute Gasteiger partial charge is 0.464 e. The van der Waals surface area contributed by atoms with E-state index < -0.39 is 5.97 Å². The van der Waals surface area contributed by atoms with E-state index in [4.69, 9.17) is 10.5 Å². The molecule has 2 N–H and O–H groups in total. The first kappa shape index (κ1) is 13.9. The number of ether oxygens (including phenoxy) is 1. The van der Waals surface area contributed by atoms with E-state index in [0.29, 0.717) is 17.3 Å². The number of nitrogens with two attached hydrogens (primary N) is 1. The van der Waals surface area contributed by atoms with E-state index in [1.165, 1.54) is 20.0 Å². The summed E-state index contributed by atoms with van der Waals surface area (Å²) in [6.45, 7) is 6.45. The van der Waals surface area contributed by atoms with Gasteiger partial charge >= 0.3 is 5.97 Å². The number of imidazole rings is 1. The van der Waals surface area contributed by atoms with Crippen LogP contribution < -0.4 is 5.73 Å². The number of hydrogen-bond donors (Lipinski definition) is 1. The van der Waals surface area contributed by atoms with Gasteiger partial charge in [0, 0.05) is 6.04 Å². The van der Waals surface area contributed by atoms with Crippen LogP contribution in [0.25, 0.3) is 0 Å². The van der Waals surface area contributed by atoms with E-state index in [-0.39, 0.29) is 5.69 Å². The fraction of sp³-hybridized carbons (Fsp3) is 0.714. The molecular weight excluding hydrogens is 242 g/mol. The maximum atomic E-state index is 11.6. The van der Waals surface area contributed by atoms with Crippen LogP contribution in [0.5, 0.6) is 0 Å². The molecule has 1 unspecified atom stereocenters. The first-order chi connectivity index (χ1) is 8.85. The van der Waals surface area contributed by atoms with Crippen LogP contribution in [0.3, 0.4) is 0 Å². The van der Waals surface area contributed by atoms with Gasteiger partial charge in [0.15, 0.2) is 5.69 Å². The number of hydrogen-bond acceptors (Lipinski definition) is 4. The summed E-state index contributed by atoms with van der Waals surface area (Å²) in [4.78, 5) is 15.9. The smallest absolute Gasteiger partial charge is 0.360 e. The van der Waals surface area contributed by atoms with Gasteiger partial charge in [0.25, 0.3) is 0 Å². The van der Waals surface area contributed by atoms with E-state index >= 15 is 0 Å². The van der Waals surface area contributed by atoms with Crippen LogP contribution in [0.2, 0.25) is 0 Å². The molecule has 0 spiro atoms. The predicted molar refractivity (Wildman–Crippen MR) is 74.0 cm³/mol. The molecule has 0 aromatic carbocycles. The maximum Gasteiger partial charge on any atom is 0.360 e. The highest BCUT2D eigenvalue weighted by Crippen LogP contribution is 2.42. The number of methoxy groups -OCH3 is 1. The van der Waals surface area contributed by atoms with Crippen LogP contribution in [0.1, 0.15) is 61.9 Å². The Hall–Kier alpha value is -1.52. The summed E-state index contributed by atoms with van der Waals surface area (Å²) in [7, 11) is 1.35. The molecular formula is C14H23N3O2. The molecule has 1 fully saturated rings. The highest BCUT2D eigenvalue weighted by atomic mass is 16.5. The number of nitrogen functional groups attached to an aromatic ring is 1. The molecule has 0 amide bonds. The van der Waals surface area contributed by atoms with E-state index in [1.54, 1.807) is 0 Å². The lowest BCUT2D eigenvalue weighted by molar-refractivity contribution is 0.0595. The van der Waals surface area contributed by atoms with Crippen molar-refractivity contribution < 1.29 is 9.53 Å². The number of nitrogens with zero attached hydrogens (tertiary/aromatic N) is 2. The lowest BCUT2D eigenvalue weighted by Crippen LogP contribution is -2.26. The molecule has 19 heavy (non-hydrogen) atoms. The second-order valence-electron chi connectivity index (χ2n) is 6.17. The Morgan fingerprint density at radius 1 is 1.53 bits per heavy atom. The third-order valence-corrected chi connectivity index (χ3v) is 4.05. The molecule has 1 heterocycles. The topological polar surface area (TPSA) is 70.1 Å². The lowest BCUT2D eigenvalue weighted by atomic mass is 9.75. The second kappa shape index (κ2) is 4.87. The van der Waals surface area contributed by atoms with Crippen LogP contribution in [-0.2, 0) is 4.74 Å². The van der Waals surface area contributed by atoms with Crippen molar-refractivity contribution in [3.8, 4) is 0 Å². The summed E-state index contributed by atoms with van der Waals surface area (Å²) in [6, 6.07) is 0.328. The highest BCUT2D eigenvalue weighted by molar-refractivity contribution is 5.92. The Morgan fingerprint density at radius 2 is 2.21 bits per heavy atom. The molecule has 1 saturated carbocycles. The Morgan fingerprint density at radius 3 is 2.79 bits per heavy atom. The molecule has 5 nitrogen and oxygen atoms in total. The molecule has 0 saturated heterocycles. The standard InChI is InChI=1S/C14H23N3O2/c1-9-16-11(13(18)19-4)12(15)17(9)10-6-5-7-14(2,3)8-10/h10H,5-8,15H2,1-4H3. The van der Waals surface area contributed by atoms with E-state index in [1.807, 2.05) is 11.5 Å². The predicted octanol–water partition coefficient (Wildman–Crippen LogP) is 2.70. The molecule has 5 heteroatoms. The number of anilines is 1. The summed E-state index contributed by atoms with van der Waals surface area (Å²) in [5.74, 6) is 0.766. The Kier molecular flexibility index (Phi) is 3.56. The molecule has 0 aliphatic heterocycles. The van der Waals surface area contributed by atoms with Gasteiger partial charge in [0.2, 0.25) is 0 Å². The number of aryl methyl sites for hydroxylation is 1. The van der Waals surface area contributed by atoms with Gasteiger partial charge in [-0.3, -0.25) is 0 Å². The van der Waals surface area contributed by atoms with Crippen LogP contribution in [0, 0.1) is 12.3 Å². The minimum absolute atomic E-state index is 0.239. The van der Waals surface area contributed by atoms with Crippen molar-refractivity contribution in [2.45, 2.75) is 52.5 Å². The fourth-order valence-electron chi connectivity index (χ4n) is 3.15. The molecule has 106 valence electrons. The van der Waals surface area contributed by atoms with Crippen LogP contribution in [-0.4, -0.2) is 22.6 Å². The van der Waals surface area contributed by atoms with Gasteiger partial charge in [-0.15, -0.1) is 0 Å². The molecule has 0 radical (unpaired) electrons. The van der Waals surface area contributed by atoms with Gasteiger partial charge in [-0.1, -0.05) is 20.3 Å². The van der Waals surface area contributed by atoms with Crippen molar-refractivity contribution in [2.75, 3.05) is 12.8 Å². The zero-order valence-electron chi connectivity index (χ0n) is 12.2. The minimum atomic E-state index is -0.464. The number of esters is 1. The molecule has 2 rings (SSSR count). The summed E-state index contributed by atoms with van der Waals surface area (Å²) in [5.41, 5.74) is 6.66. The number of carbonyl (C=O) groups is 1. The minimum Gasteiger partial charge on any atom is -0.464 e. The third kappa shape index (κ3) is 2.60. The van der Waals surface area contributed by atoms with Crippen LogP contribution >= 0.6 is 0 Å². The van der Waals surface area contributed by atoms with Crippen molar-refractivity contribution in [1.29, 1.82) is 0 Å². The molecule has 1 aromatic heterocycles. The quantitative estimate of drug-likeness (QED) is 0.835. The van der Waals surface area contributed by atoms with Crippen molar-refractivity contribution in [2.24, 2.45) is 5.41 Å². The first-order valence-electron chi connectivity index (χ1n) is 6.78. The molecule has 1 aliphatic rings. The number of carbonyl (C=O) groups excluding carboxylic acids is 1. The van der Waals surface area contributed by atoms with Crippen molar-refractivity contribution in [3.63, 3.8) is 0 Å². The van der Waals surface area contributed by atoms with E-state index in [2.05, 4.69) is 18.8 Å². The summed E-state index contributed by atoms with van der Waals surface area (Å²) < 4.78 is 6.73. The molecule has 1 atom stereocenters. The average molecular weight is 265 g/mol. The van der Waals surface area contributed by atoms with E-state index in [9.17, 15) is 4.79 Å². The van der Waals surface area contributed by atoms with Crippen LogP contribution in [0.15, 0.2) is 0 Å². The van der Waals surface area contributed by atoms with Gasteiger partial charge in [0.1, 0.15) is 11.6 Å². The maximum absolute atomic E-state index is 11.6. The van der Waals surface area contributed by atoms with Gasteiger partial charge in [-0.25, -0.2) is 9.78 Å². The second-order valence-corrected chi connectivity index (χ2v) is 6.17. The van der Waals surface area contributed by atoms with Gasteiger partial charge < -0.3 is 15.0 Å². The average Bonchev–Trinajstić information content (AvgIpc) is 2.62. The Bertz CT molecular complexity index is 491. The van der Waals surface area contributed by atoms with Gasteiger partial charge in [-0.05, 0) is 31.6 Å². The zero-order valence-corrected chi connectivity index (χ0v) is 12.2. The van der Waals surface area contributed by atoms with Gasteiger partial charge in [0.05, 0.1) is 7.11 Å².